The molecule has 1 aromatic carbocycles. The SMILES string of the molecule is CCC(C)(Oc1ccccc1F)C(=O)O. The molecule has 0 aliphatic carbocycles. The third-order valence-corrected chi connectivity index (χ3v) is 2.30. The summed E-state index contributed by atoms with van der Waals surface area (Å²) in [5.74, 6) is -1.70. The first-order valence-electron chi connectivity index (χ1n) is 4.66. The number of rotatable bonds is 4. The van der Waals surface area contributed by atoms with Gasteiger partial charge in [-0.3, -0.25) is 0 Å². The van der Waals surface area contributed by atoms with Gasteiger partial charge in [0, 0.05) is 0 Å². The van der Waals surface area contributed by atoms with Gasteiger partial charge in [-0.1, -0.05) is 19.1 Å². The molecule has 82 valence electrons. The fourth-order valence-corrected chi connectivity index (χ4v) is 1.04. The molecular formula is C11H13FO3. The van der Waals surface area contributed by atoms with E-state index < -0.39 is 17.4 Å². The van der Waals surface area contributed by atoms with Crippen molar-refractivity contribution < 1.29 is 19.0 Å². The zero-order valence-electron chi connectivity index (χ0n) is 8.66. The Morgan fingerprint density at radius 2 is 2.13 bits per heavy atom. The molecule has 1 N–H and O–H groups in total. The number of carboxylic acid groups (broad SMARTS) is 1. The van der Waals surface area contributed by atoms with E-state index in [0.29, 0.717) is 0 Å². The van der Waals surface area contributed by atoms with Crippen LogP contribution in [0.3, 0.4) is 0 Å². The number of benzene rings is 1. The fourth-order valence-electron chi connectivity index (χ4n) is 1.04. The average molecular weight is 212 g/mol. The van der Waals surface area contributed by atoms with Crippen molar-refractivity contribution in [1.82, 2.24) is 0 Å². The molecule has 0 fully saturated rings. The highest BCUT2D eigenvalue weighted by Crippen LogP contribution is 2.24. The van der Waals surface area contributed by atoms with Crippen molar-refractivity contribution in [3.63, 3.8) is 0 Å². The standard InChI is InChI=1S/C11H13FO3/c1-3-11(2,10(13)14)15-9-7-5-4-6-8(9)12/h4-7H,3H2,1-2H3,(H,13,14). The van der Waals surface area contributed by atoms with Crippen molar-refractivity contribution >= 4 is 5.97 Å². The summed E-state index contributed by atoms with van der Waals surface area (Å²) >= 11 is 0. The zero-order chi connectivity index (χ0) is 11.5. The normalized spacial score (nSPS) is 14.3. The molecule has 0 heterocycles. The van der Waals surface area contributed by atoms with Gasteiger partial charge in [0.15, 0.2) is 11.6 Å². The van der Waals surface area contributed by atoms with Crippen LogP contribution in [-0.4, -0.2) is 16.7 Å². The molecule has 0 saturated heterocycles. The van der Waals surface area contributed by atoms with Crippen LogP contribution in [0.4, 0.5) is 4.39 Å². The van der Waals surface area contributed by atoms with Gasteiger partial charge in [0.2, 0.25) is 5.60 Å². The topological polar surface area (TPSA) is 46.5 Å². The van der Waals surface area contributed by atoms with Crippen molar-refractivity contribution in [2.24, 2.45) is 0 Å². The maximum absolute atomic E-state index is 13.2. The van der Waals surface area contributed by atoms with E-state index in [-0.39, 0.29) is 12.2 Å². The van der Waals surface area contributed by atoms with E-state index >= 15 is 0 Å². The molecule has 1 aromatic rings. The second kappa shape index (κ2) is 4.29. The number of hydrogen-bond donors (Lipinski definition) is 1. The highest BCUT2D eigenvalue weighted by atomic mass is 19.1. The van der Waals surface area contributed by atoms with Crippen molar-refractivity contribution in [2.75, 3.05) is 0 Å². The largest absolute Gasteiger partial charge is 0.478 e. The molecule has 1 rings (SSSR count). The summed E-state index contributed by atoms with van der Waals surface area (Å²) < 4.78 is 18.4. The average Bonchev–Trinajstić information content (AvgIpc) is 2.21. The van der Waals surface area contributed by atoms with Gasteiger partial charge in [0.05, 0.1) is 0 Å². The first-order chi connectivity index (χ1) is 6.99. The predicted octanol–water partition coefficient (Wildman–Crippen LogP) is 2.46. The van der Waals surface area contributed by atoms with Crippen molar-refractivity contribution in [3.05, 3.63) is 30.1 Å². The number of para-hydroxylation sites is 1. The summed E-state index contributed by atoms with van der Waals surface area (Å²) in [5.41, 5.74) is -1.39. The number of carboxylic acids is 1. The maximum atomic E-state index is 13.2. The monoisotopic (exact) mass is 212 g/mol. The molecule has 0 saturated carbocycles. The van der Waals surface area contributed by atoms with E-state index in [1.54, 1.807) is 13.0 Å². The Kier molecular flexibility index (Phi) is 3.29. The van der Waals surface area contributed by atoms with E-state index in [9.17, 15) is 9.18 Å². The Hall–Kier alpha value is -1.58. The molecule has 0 radical (unpaired) electrons. The lowest BCUT2D eigenvalue weighted by molar-refractivity contribution is -0.154. The summed E-state index contributed by atoms with van der Waals surface area (Å²) in [7, 11) is 0. The zero-order valence-corrected chi connectivity index (χ0v) is 8.66. The highest BCUT2D eigenvalue weighted by Gasteiger charge is 2.34. The molecular weight excluding hydrogens is 199 g/mol. The van der Waals surface area contributed by atoms with Crippen LogP contribution in [0.2, 0.25) is 0 Å². The Labute approximate surface area is 87.5 Å². The van der Waals surface area contributed by atoms with Gasteiger partial charge >= 0.3 is 5.97 Å². The molecule has 3 nitrogen and oxygen atoms in total. The lowest BCUT2D eigenvalue weighted by atomic mass is 10.0. The Bertz CT molecular complexity index is 365. The van der Waals surface area contributed by atoms with E-state index in [1.807, 2.05) is 0 Å². The molecule has 1 atom stereocenters. The Morgan fingerprint density at radius 1 is 1.53 bits per heavy atom. The molecule has 15 heavy (non-hydrogen) atoms. The van der Waals surface area contributed by atoms with Gasteiger partial charge in [-0.2, -0.15) is 0 Å². The molecule has 0 bridgehead atoms. The first kappa shape index (κ1) is 11.5. The summed E-state index contributed by atoms with van der Waals surface area (Å²) in [6.45, 7) is 3.09. The van der Waals surface area contributed by atoms with Crippen LogP contribution in [0.15, 0.2) is 24.3 Å². The van der Waals surface area contributed by atoms with Crippen LogP contribution in [0.25, 0.3) is 0 Å². The van der Waals surface area contributed by atoms with Gasteiger partial charge in [-0.05, 0) is 25.5 Å². The third-order valence-electron chi connectivity index (χ3n) is 2.30. The maximum Gasteiger partial charge on any atom is 0.347 e. The van der Waals surface area contributed by atoms with Crippen LogP contribution < -0.4 is 4.74 Å². The molecule has 0 aliphatic heterocycles. The Balaban J connectivity index is 2.94. The predicted molar refractivity (Wildman–Crippen MR) is 53.4 cm³/mol. The molecule has 0 amide bonds. The second-order valence-corrected chi connectivity index (χ2v) is 3.42. The van der Waals surface area contributed by atoms with E-state index in [4.69, 9.17) is 9.84 Å². The number of halogens is 1. The van der Waals surface area contributed by atoms with Crippen LogP contribution in [0, 0.1) is 5.82 Å². The molecule has 0 aromatic heterocycles. The number of hydrogen-bond acceptors (Lipinski definition) is 2. The quantitative estimate of drug-likeness (QED) is 0.833. The molecule has 1 unspecified atom stereocenters. The molecule has 4 heteroatoms. The third kappa shape index (κ3) is 2.46. The van der Waals surface area contributed by atoms with Crippen LogP contribution in [-0.2, 0) is 4.79 Å². The highest BCUT2D eigenvalue weighted by molar-refractivity contribution is 5.77. The summed E-state index contributed by atoms with van der Waals surface area (Å²) in [5, 5.41) is 8.94. The minimum Gasteiger partial charge on any atom is -0.478 e. The van der Waals surface area contributed by atoms with Crippen molar-refractivity contribution in [2.45, 2.75) is 25.9 Å². The minimum atomic E-state index is -1.39. The summed E-state index contributed by atoms with van der Waals surface area (Å²) in [6.07, 6.45) is 0.261. The summed E-state index contributed by atoms with van der Waals surface area (Å²) in [6, 6.07) is 5.75. The van der Waals surface area contributed by atoms with E-state index in [1.165, 1.54) is 25.1 Å². The van der Waals surface area contributed by atoms with Crippen LogP contribution in [0.1, 0.15) is 20.3 Å². The van der Waals surface area contributed by atoms with Crippen LogP contribution >= 0.6 is 0 Å². The van der Waals surface area contributed by atoms with Gasteiger partial charge in [0.1, 0.15) is 0 Å². The van der Waals surface area contributed by atoms with Crippen LogP contribution in [0.5, 0.6) is 5.75 Å². The second-order valence-electron chi connectivity index (χ2n) is 3.42. The first-order valence-corrected chi connectivity index (χ1v) is 4.66. The van der Waals surface area contributed by atoms with Crippen molar-refractivity contribution in [1.29, 1.82) is 0 Å². The fraction of sp³-hybridized carbons (Fsp3) is 0.364. The van der Waals surface area contributed by atoms with E-state index in [0.717, 1.165) is 0 Å². The smallest absolute Gasteiger partial charge is 0.347 e. The minimum absolute atomic E-state index is 0.0377. The lowest BCUT2D eigenvalue weighted by Crippen LogP contribution is -2.40. The summed E-state index contributed by atoms with van der Waals surface area (Å²) in [4.78, 5) is 10.9. The number of ether oxygens (including phenoxy) is 1. The Morgan fingerprint density at radius 3 is 2.60 bits per heavy atom. The van der Waals surface area contributed by atoms with Gasteiger partial charge in [-0.25, -0.2) is 9.18 Å². The number of aliphatic carboxylic acids is 1. The molecule has 0 aliphatic rings. The molecule has 0 spiro atoms. The van der Waals surface area contributed by atoms with Gasteiger partial charge in [0.25, 0.3) is 0 Å². The van der Waals surface area contributed by atoms with Gasteiger partial charge < -0.3 is 9.84 Å². The number of carbonyl (C=O) groups is 1. The van der Waals surface area contributed by atoms with Gasteiger partial charge in [-0.15, -0.1) is 0 Å². The lowest BCUT2D eigenvalue weighted by Gasteiger charge is -2.24. The van der Waals surface area contributed by atoms with E-state index in [2.05, 4.69) is 0 Å². The van der Waals surface area contributed by atoms with Crippen molar-refractivity contribution in [3.8, 4) is 5.75 Å².